The fourth-order valence-electron chi connectivity index (χ4n) is 1.24. The Labute approximate surface area is 77.2 Å². The van der Waals surface area contributed by atoms with Crippen molar-refractivity contribution in [3.05, 3.63) is 0 Å². The van der Waals surface area contributed by atoms with E-state index in [2.05, 4.69) is 0 Å². The van der Waals surface area contributed by atoms with Crippen LogP contribution in [0, 0.1) is 0 Å². The van der Waals surface area contributed by atoms with Gasteiger partial charge in [0, 0.05) is 13.1 Å². The summed E-state index contributed by atoms with van der Waals surface area (Å²) in [6.45, 7) is 0.668. The minimum Gasteiger partial charge on any atom is -0.392 e. The van der Waals surface area contributed by atoms with E-state index in [1.807, 2.05) is 0 Å². The van der Waals surface area contributed by atoms with Crippen molar-refractivity contribution in [2.75, 3.05) is 18.3 Å². The lowest BCUT2D eigenvalue weighted by atomic mass is 10.1. The predicted molar refractivity (Wildman–Crippen MR) is 46.5 cm³/mol. The summed E-state index contributed by atoms with van der Waals surface area (Å²) in [7, 11) is -3.32. The molecule has 6 heteroatoms. The molecule has 0 saturated carbocycles. The van der Waals surface area contributed by atoms with Gasteiger partial charge >= 0.3 is 0 Å². The maximum Gasteiger partial charge on any atom is 0.228 e. The van der Waals surface area contributed by atoms with E-state index in [1.54, 1.807) is 0 Å². The van der Waals surface area contributed by atoms with Gasteiger partial charge in [-0.05, 0) is 12.8 Å². The first-order chi connectivity index (χ1) is 5.56. The van der Waals surface area contributed by atoms with Crippen molar-refractivity contribution in [3.8, 4) is 0 Å². The molecular weight excluding hydrogens is 202 g/mol. The predicted octanol–water partition coefficient (Wildman–Crippen LogP) is -0.0308. The number of nitrogens with zero attached hydrogens (tertiary/aromatic N) is 1. The van der Waals surface area contributed by atoms with Gasteiger partial charge < -0.3 is 5.11 Å². The molecule has 1 saturated heterocycles. The molecule has 0 aromatic heterocycles. The minimum absolute atomic E-state index is 0.190. The molecule has 0 radical (unpaired) electrons. The molecule has 1 unspecified atom stereocenters. The molecule has 0 bridgehead atoms. The molecule has 1 N–H and O–H groups in total. The van der Waals surface area contributed by atoms with E-state index in [0.717, 1.165) is 0 Å². The highest BCUT2D eigenvalue weighted by Gasteiger charge is 2.26. The van der Waals surface area contributed by atoms with Crippen LogP contribution in [0.15, 0.2) is 0 Å². The third-order valence-corrected chi connectivity index (χ3v) is 4.11. The molecule has 1 fully saturated rings. The molecule has 0 aliphatic carbocycles. The average Bonchev–Trinajstić information content (AvgIpc) is 2.05. The number of hydrogen-bond donors (Lipinski definition) is 1. The number of alkyl halides is 1. The summed E-state index contributed by atoms with van der Waals surface area (Å²) in [4.78, 5) is 0. The molecule has 72 valence electrons. The van der Waals surface area contributed by atoms with Crippen LogP contribution >= 0.6 is 11.6 Å². The first-order valence-electron chi connectivity index (χ1n) is 3.78. The van der Waals surface area contributed by atoms with E-state index in [-0.39, 0.29) is 6.54 Å². The molecule has 0 spiro atoms. The van der Waals surface area contributed by atoms with Crippen molar-refractivity contribution >= 4 is 21.6 Å². The average molecular weight is 214 g/mol. The monoisotopic (exact) mass is 213 g/mol. The molecule has 0 amide bonds. The van der Waals surface area contributed by atoms with E-state index < -0.39 is 21.3 Å². The maximum absolute atomic E-state index is 11.2. The smallest absolute Gasteiger partial charge is 0.228 e. The van der Waals surface area contributed by atoms with Crippen molar-refractivity contribution in [1.29, 1.82) is 0 Å². The number of rotatable bonds is 2. The highest BCUT2D eigenvalue weighted by Crippen LogP contribution is 2.14. The van der Waals surface area contributed by atoms with Gasteiger partial charge in [-0.3, -0.25) is 0 Å². The molecule has 1 atom stereocenters. The van der Waals surface area contributed by atoms with Crippen LogP contribution in [0.25, 0.3) is 0 Å². The second-order valence-corrected chi connectivity index (χ2v) is 5.43. The van der Waals surface area contributed by atoms with E-state index in [0.29, 0.717) is 19.4 Å². The number of sulfonamides is 1. The lowest BCUT2D eigenvalue weighted by molar-refractivity contribution is 0.108. The Bertz CT molecular complexity index is 241. The van der Waals surface area contributed by atoms with Crippen LogP contribution in [0.2, 0.25) is 0 Å². The SMILES string of the molecule is O=S(=O)(CCl)N1CCCC(O)C1. The molecule has 1 aliphatic rings. The fraction of sp³-hybridized carbons (Fsp3) is 1.00. The Morgan fingerprint density at radius 2 is 2.25 bits per heavy atom. The summed E-state index contributed by atoms with van der Waals surface area (Å²) in [6.07, 6.45) is 0.850. The Balaban J connectivity index is 2.63. The van der Waals surface area contributed by atoms with Gasteiger partial charge in [-0.15, -0.1) is 11.6 Å². The molecule has 1 aliphatic heterocycles. The summed E-state index contributed by atoms with van der Waals surface area (Å²) in [5.74, 6) is 0. The van der Waals surface area contributed by atoms with E-state index in [4.69, 9.17) is 11.6 Å². The van der Waals surface area contributed by atoms with Crippen LogP contribution < -0.4 is 0 Å². The number of aliphatic hydroxyl groups is 1. The van der Waals surface area contributed by atoms with Crippen LogP contribution in [-0.2, 0) is 10.0 Å². The van der Waals surface area contributed by atoms with E-state index in [1.165, 1.54) is 4.31 Å². The minimum atomic E-state index is -3.32. The van der Waals surface area contributed by atoms with Crippen molar-refractivity contribution < 1.29 is 13.5 Å². The first-order valence-corrected chi connectivity index (χ1v) is 5.92. The fourth-order valence-corrected chi connectivity index (χ4v) is 2.60. The number of aliphatic hydroxyl groups excluding tert-OH is 1. The lowest BCUT2D eigenvalue weighted by Crippen LogP contribution is -2.42. The van der Waals surface area contributed by atoms with Gasteiger partial charge in [0.1, 0.15) is 5.21 Å². The lowest BCUT2D eigenvalue weighted by Gasteiger charge is -2.28. The Morgan fingerprint density at radius 1 is 1.58 bits per heavy atom. The van der Waals surface area contributed by atoms with Crippen LogP contribution in [0.3, 0.4) is 0 Å². The Morgan fingerprint density at radius 3 is 2.75 bits per heavy atom. The highest BCUT2D eigenvalue weighted by molar-refractivity contribution is 7.90. The van der Waals surface area contributed by atoms with Gasteiger partial charge in [0.05, 0.1) is 6.10 Å². The Kier molecular flexibility index (Phi) is 3.34. The zero-order chi connectivity index (χ0) is 9.19. The summed E-state index contributed by atoms with van der Waals surface area (Å²) in [5.41, 5.74) is 0. The molecule has 12 heavy (non-hydrogen) atoms. The summed E-state index contributed by atoms with van der Waals surface area (Å²) in [5, 5.41) is 8.79. The van der Waals surface area contributed by atoms with E-state index >= 15 is 0 Å². The van der Waals surface area contributed by atoms with Crippen LogP contribution in [-0.4, -0.2) is 42.2 Å². The summed E-state index contributed by atoms with van der Waals surface area (Å²) in [6, 6.07) is 0. The van der Waals surface area contributed by atoms with Crippen LogP contribution in [0.5, 0.6) is 0 Å². The molecule has 1 rings (SSSR count). The normalized spacial score (nSPS) is 27.3. The highest BCUT2D eigenvalue weighted by atomic mass is 35.5. The number of piperidine rings is 1. The zero-order valence-corrected chi connectivity index (χ0v) is 8.18. The Hall–Kier alpha value is 0.160. The quantitative estimate of drug-likeness (QED) is 0.656. The van der Waals surface area contributed by atoms with Crippen molar-refractivity contribution in [2.45, 2.75) is 18.9 Å². The largest absolute Gasteiger partial charge is 0.392 e. The van der Waals surface area contributed by atoms with Crippen molar-refractivity contribution in [1.82, 2.24) is 4.31 Å². The second kappa shape index (κ2) is 3.91. The first kappa shape index (κ1) is 10.2. The number of halogens is 1. The van der Waals surface area contributed by atoms with Gasteiger partial charge in [0.15, 0.2) is 0 Å². The zero-order valence-electron chi connectivity index (χ0n) is 6.61. The van der Waals surface area contributed by atoms with Crippen molar-refractivity contribution in [2.24, 2.45) is 0 Å². The number of β-amino-alcohol motifs (C(OH)–C–C–N with tert-alkyl or cyclic N) is 1. The van der Waals surface area contributed by atoms with Gasteiger partial charge in [-0.25, -0.2) is 8.42 Å². The molecule has 4 nitrogen and oxygen atoms in total. The summed E-state index contributed by atoms with van der Waals surface area (Å²) >= 11 is 5.26. The summed E-state index contributed by atoms with van der Waals surface area (Å²) < 4.78 is 23.6. The van der Waals surface area contributed by atoms with Gasteiger partial charge in [-0.2, -0.15) is 4.31 Å². The maximum atomic E-state index is 11.2. The topological polar surface area (TPSA) is 57.6 Å². The molecule has 0 aromatic rings. The number of hydrogen-bond acceptors (Lipinski definition) is 3. The third kappa shape index (κ3) is 2.32. The van der Waals surface area contributed by atoms with E-state index in [9.17, 15) is 13.5 Å². The molecule has 1 heterocycles. The third-order valence-electron chi connectivity index (χ3n) is 1.89. The molecular formula is C6H12ClNO3S. The second-order valence-electron chi connectivity index (χ2n) is 2.88. The van der Waals surface area contributed by atoms with Crippen LogP contribution in [0.1, 0.15) is 12.8 Å². The van der Waals surface area contributed by atoms with Gasteiger partial charge in [-0.1, -0.05) is 0 Å². The van der Waals surface area contributed by atoms with Gasteiger partial charge in [0.25, 0.3) is 0 Å². The molecule has 0 aromatic carbocycles. The van der Waals surface area contributed by atoms with Gasteiger partial charge in [0.2, 0.25) is 10.0 Å². The standard InChI is InChI=1S/C6H12ClNO3S/c7-5-12(10,11)8-3-1-2-6(9)4-8/h6,9H,1-5H2. The van der Waals surface area contributed by atoms with Crippen molar-refractivity contribution in [3.63, 3.8) is 0 Å². The van der Waals surface area contributed by atoms with Crippen LogP contribution in [0.4, 0.5) is 0 Å².